The number of piperidine rings is 1. The molecule has 0 bridgehead atoms. The van der Waals surface area contributed by atoms with Gasteiger partial charge in [0.15, 0.2) is 6.61 Å². The highest BCUT2D eigenvalue weighted by atomic mass is 35.5. The topological polar surface area (TPSA) is 50.4 Å². The summed E-state index contributed by atoms with van der Waals surface area (Å²) in [6.45, 7) is 2.89. The van der Waals surface area contributed by atoms with Crippen LogP contribution in [0.5, 0.6) is 5.75 Å². The number of carbonyl (C=O) groups excluding carboxylic acids is 1. The van der Waals surface area contributed by atoms with E-state index in [1.54, 1.807) is 0 Å². The van der Waals surface area contributed by atoms with Gasteiger partial charge in [0.25, 0.3) is 5.91 Å². The summed E-state index contributed by atoms with van der Waals surface area (Å²) < 4.78 is 18.2. The molecule has 0 spiro atoms. The van der Waals surface area contributed by atoms with Gasteiger partial charge in [-0.1, -0.05) is 11.6 Å². The molecule has 0 saturated carbocycles. The van der Waals surface area contributed by atoms with Crippen LogP contribution in [0, 0.1) is 5.82 Å². The van der Waals surface area contributed by atoms with Gasteiger partial charge in [-0.2, -0.15) is 0 Å². The number of hydrogen-bond donors (Lipinski definition) is 2. The summed E-state index contributed by atoms with van der Waals surface area (Å²) in [5.74, 6) is -0.335. The fraction of sp³-hybridized carbons (Fsp3) is 0.500. The second-order valence-electron chi connectivity index (χ2n) is 4.92. The molecule has 1 aliphatic rings. The van der Waals surface area contributed by atoms with Crippen LogP contribution in [0.4, 0.5) is 4.39 Å². The Morgan fingerprint density at radius 3 is 3.00 bits per heavy atom. The molecule has 2 N–H and O–H groups in total. The van der Waals surface area contributed by atoms with Crippen LogP contribution in [0.2, 0.25) is 5.02 Å². The van der Waals surface area contributed by atoms with Gasteiger partial charge in [0.1, 0.15) is 11.6 Å². The van der Waals surface area contributed by atoms with Crippen molar-refractivity contribution in [3.8, 4) is 5.75 Å². The minimum absolute atomic E-state index is 0. The number of hydrogen-bond acceptors (Lipinski definition) is 3. The largest absolute Gasteiger partial charge is 0.482 e. The van der Waals surface area contributed by atoms with Gasteiger partial charge in [-0.25, -0.2) is 4.39 Å². The van der Waals surface area contributed by atoms with Crippen molar-refractivity contribution in [3.63, 3.8) is 0 Å². The highest BCUT2D eigenvalue weighted by Gasteiger charge is 2.22. The molecule has 4 nitrogen and oxygen atoms in total. The normalized spacial score (nSPS) is 21.3. The van der Waals surface area contributed by atoms with E-state index in [0.29, 0.717) is 5.75 Å². The maximum absolute atomic E-state index is 12.9. The monoisotopic (exact) mass is 336 g/mol. The van der Waals surface area contributed by atoms with Gasteiger partial charge in [-0.15, -0.1) is 12.4 Å². The van der Waals surface area contributed by atoms with Crippen molar-refractivity contribution >= 4 is 29.9 Å². The van der Waals surface area contributed by atoms with E-state index in [1.165, 1.54) is 12.1 Å². The molecule has 0 aliphatic carbocycles. The van der Waals surface area contributed by atoms with E-state index in [-0.39, 0.29) is 42.0 Å². The second-order valence-corrected chi connectivity index (χ2v) is 5.33. The predicted molar refractivity (Wildman–Crippen MR) is 82.8 cm³/mol. The Labute approximate surface area is 134 Å². The Kier molecular flexibility index (Phi) is 7.22. The van der Waals surface area contributed by atoms with Crippen molar-refractivity contribution in [2.24, 2.45) is 0 Å². The summed E-state index contributed by atoms with van der Waals surface area (Å²) in [4.78, 5) is 11.8. The first-order chi connectivity index (χ1) is 9.56. The Balaban J connectivity index is 0.00000220. The number of rotatable bonds is 4. The van der Waals surface area contributed by atoms with E-state index < -0.39 is 5.82 Å². The van der Waals surface area contributed by atoms with Crippen LogP contribution in [0.3, 0.4) is 0 Å². The molecule has 1 heterocycles. The smallest absolute Gasteiger partial charge is 0.258 e. The number of carbonyl (C=O) groups is 1. The molecule has 118 valence electrons. The van der Waals surface area contributed by atoms with Gasteiger partial charge < -0.3 is 15.4 Å². The molecule has 1 saturated heterocycles. The third-order valence-corrected chi connectivity index (χ3v) is 3.66. The van der Waals surface area contributed by atoms with E-state index >= 15 is 0 Å². The van der Waals surface area contributed by atoms with E-state index in [4.69, 9.17) is 16.3 Å². The molecular weight excluding hydrogens is 318 g/mol. The summed E-state index contributed by atoms with van der Waals surface area (Å²) in [7, 11) is 0. The standard InChI is InChI=1S/C14H18ClFN2O2.ClH/c1-9-12(3-2-6-17-9)18-14(19)8-20-13-5-4-10(16)7-11(13)15;/h4-5,7,9,12,17H,2-3,6,8H2,1H3,(H,18,19);1H. The summed E-state index contributed by atoms with van der Waals surface area (Å²) >= 11 is 5.82. The van der Waals surface area contributed by atoms with Gasteiger partial charge in [0.05, 0.1) is 5.02 Å². The van der Waals surface area contributed by atoms with Crippen molar-refractivity contribution < 1.29 is 13.9 Å². The molecular formula is C14H19Cl2FN2O2. The summed E-state index contributed by atoms with van der Waals surface area (Å²) in [5, 5.41) is 6.39. The first-order valence-corrected chi connectivity index (χ1v) is 7.04. The number of amides is 1. The van der Waals surface area contributed by atoms with Crippen LogP contribution in [0.25, 0.3) is 0 Å². The number of halogens is 3. The SMILES string of the molecule is CC1NCCCC1NC(=O)COc1ccc(F)cc1Cl.Cl. The third kappa shape index (κ3) is 5.34. The van der Waals surface area contributed by atoms with Crippen molar-refractivity contribution in [2.75, 3.05) is 13.2 Å². The lowest BCUT2D eigenvalue weighted by Gasteiger charge is -2.30. The molecule has 1 fully saturated rings. The number of benzene rings is 1. The number of ether oxygens (including phenoxy) is 1. The maximum Gasteiger partial charge on any atom is 0.258 e. The Bertz CT molecular complexity index is 488. The number of nitrogens with one attached hydrogen (secondary N) is 2. The molecule has 1 amide bonds. The molecule has 2 atom stereocenters. The average Bonchev–Trinajstić information content (AvgIpc) is 2.40. The molecule has 1 aromatic rings. The van der Waals surface area contributed by atoms with Crippen LogP contribution in [-0.4, -0.2) is 31.1 Å². The Hall–Kier alpha value is -1.04. The van der Waals surface area contributed by atoms with Crippen LogP contribution in [0.15, 0.2) is 18.2 Å². The lowest BCUT2D eigenvalue weighted by Crippen LogP contribution is -2.52. The van der Waals surface area contributed by atoms with Crippen molar-refractivity contribution in [3.05, 3.63) is 29.0 Å². The van der Waals surface area contributed by atoms with Crippen molar-refractivity contribution in [2.45, 2.75) is 31.8 Å². The minimum Gasteiger partial charge on any atom is -0.482 e. The molecule has 2 unspecified atom stereocenters. The summed E-state index contributed by atoms with van der Waals surface area (Å²) in [6, 6.07) is 4.18. The highest BCUT2D eigenvalue weighted by molar-refractivity contribution is 6.32. The average molecular weight is 337 g/mol. The van der Waals surface area contributed by atoms with Gasteiger partial charge >= 0.3 is 0 Å². The lowest BCUT2D eigenvalue weighted by molar-refractivity contribution is -0.124. The summed E-state index contributed by atoms with van der Waals surface area (Å²) in [6.07, 6.45) is 2.00. The molecule has 7 heteroatoms. The van der Waals surface area contributed by atoms with Crippen LogP contribution in [-0.2, 0) is 4.79 Å². The Morgan fingerprint density at radius 2 is 2.33 bits per heavy atom. The Morgan fingerprint density at radius 1 is 1.57 bits per heavy atom. The molecule has 2 rings (SSSR count). The van der Waals surface area contributed by atoms with Gasteiger partial charge in [0.2, 0.25) is 0 Å². The quantitative estimate of drug-likeness (QED) is 0.888. The first kappa shape index (κ1) is 18.0. The second kappa shape index (κ2) is 8.41. The molecule has 1 aliphatic heterocycles. The van der Waals surface area contributed by atoms with Crippen LogP contribution >= 0.6 is 24.0 Å². The van der Waals surface area contributed by atoms with E-state index in [9.17, 15) is 9.18 Å². The van der Waals surface area contributed by atoms with E-state index in [0.717, 1.165) is 25.5 Å². The lowest BCUT2D eigenvalue weighted by atomic mass is 10.00. The zero-order valence-electron chi connectivity index (χ0n) is 11.7. The minimum atomic E-state index is -0.436. The van der Waals surface area contributed by atoms with Gasteiger partial charge in [-0.3, -0.25) is 4.79 Å². The van der Waals surface area contributed by atoms with Gasteiger partial charge in [0, 0.05) is 12.1 Å². The zero-order chi connectivity index (χ0) is 14.5. The van der Waals surface area contributed by atoms with Crippen LogP contribution < -0.4 is 15.4 Å². The molecule has 21 heavy (non-hydrogen) atoms. The predicted octanol–water partition coefficient (Wildman–Crippen LogP) is 2.54. The maximum atomic E-state index is 12.9. The van der Waals surface area contributed by atoms with E-state index in [2.05, 4.69) is 10.6 Å². The molecule has 1 aromatic carbocycles. The van der Waals surface area contributed by atoms with Crippen molar-refractivity contribution in [1.82, 2.24) is 10.6 Å². The highest BCUT2D eigenvalue weighted by Crippen LogP contribution is 2.24. The van der Waals surface area contributed by atoms with Crippen molar-refractivity contribution in [1.29, 1.82) is 0 Å². The molecule has 0 radical (unpaired) electrons. The van der Waals surface area contributed by atoms with E-state index in [1.807, 2.05) is 6.92 Å². The fourth-order valence-electron chi connectivity index (χ4n) is 2.23. The van der Waals surface area contributed by atoms with Gasteiger partial charge in [-0.05, 0) is 44.5 Å². The fourth-order valence-corrected chi connectivity index (χ4v) is 2.45. The molecule has 0 aromatic heterocycles. The summed E-state index contributed by atoms with van der Waals surface area (Å²) in [5.41, 5.74) is 0. The third-order valence-electron chi connectivity index (χ3n) is 3.36. The first-order valence-electron chi connectivity index (χ1n) is 6.67. The zero-order valence-corrected chi connectivity index (χ0v) is 13.3. The van der Waals surface area contributed by atoms with Crippen LogP contribution in [0.1, 0.15) is 19.8 Å².